The average molecular weight is 286 g/mol. The number of hydrogen-bond acceptors (Lipinski definition) is 1. The topological polar surface area (TPSA) is 26.0 Å². The molecule has 2 rings (SSSR count). The van der Waals surface area contributed by atoms with Crippen molar-refractivity contribution in [2.75, 3.05) is 0 Å². The predicted octanol–water partition coefficient (Wildman–Crippen LogP) is 4.17. The average Bonchev–Trinajstić information content (AvgIpc) is 2.33. The summed E-state index contributed by atoms with van der Waals surface area (Å²) in [5.41, 5.74) is 7.13. The molecule has 0 heterocycles. The molecule has 1 aromatic carbocycles. The second-order valence-electron chi connectivity index (χ2n) is 4.60. The van der Waals surface area contributed by atoms with Crippen LogP contribution in [-0.2, 0) is 0 Å². The Kier molecular flexibility index (Phi) is 3.98. The number of benzene rings is 1. The van der Waals surface area contributed by atoms with Crippen molar-refractivity contribution in [3.05, 3.63) is 34.1 Å². The molecule has 1 aliphatic rings. The van der Waals surface area contributed by atoms with E-state index in [1.54, 1.807) is 12.1 Å². The van der Waals surface area contributed by atoms with Crippen LogP contribution in [0.5, 0.6) is 0 Å². The zero-order valence-electron chi connectivity index (χ0n) is 9.26. The maximum absolute atomic E-state index is 13.4. The van der Waals surface area contributed by atoms with E-state index < -0.39 is 0 Å². The summed E-state index contributed by atoms with van der Waals surface area (Å²) < 4.78 is 13.9. The van der Waals surface area contributed by atoms with Crippen LogP contribution in [0, 0.1) is 11.7 Å². The van der Waals surface area contributed by atoms with Crippen LogP contribution < -0.4 is 5.73 Å². The molecule has 3 heteroatoms. The lowest BCUT2D eigenvalue weighted by Gasteiger charge is -2.27. The van der Waals surface area contributed by atoms with Crippen molar-refractivity contribution in [3.8, 4) is 0 Å². The summed E-state index contributed by atoms with van der Waals surface area (Å²) in [4.78, 5) is 0. The molecule has 1 aliphatic carbocycles. The molecule has 0 radical (unpaired) electrons. The molecule has 0 aliphatic heterocycles. The Balaban J connectivity index is 2.12. The summed E-state index contributed by atoms with van der Waals surface area (Å²) >= 11 is 3.16. The van der Waals surface area contributed by atoms with Crippen molar-refractivity contribution in [3.63, 3.8) is 0 Å². The molecule has 88 valence electrons. The molecule has 1 nitrogen and oxygen atoms in total. The van der Waals surface area contributed by atoms with Gasteiger partial charge in [-0.2, -0.15) is 0 Å². The number of halogens is 2. The van der Waals surface area contributed by atoms with Crippen molar-refractivity contribution in [1.29, 1.82) is 0 Å². The van der Waals surface area contributed by atoms with E-state index in [2.05, 4.69) is 15.9 Å². The Bertz CT molecular complexity index is 361. The first-order valence-electron chi connectivity index (χ1n) is 5.89. The van der Waals surface area contributed by atoms with Gasteiger partial charge in [0.2, 0.25) is 0 Å². The third-order valence-corrected chi connectivity index (χ3v) is 4.13. The first-order chi connectivity index (χ1) is 7.68. The normalized spacial score (nSPS) is 19.7. The second kappa shape index (κ2) is 5.28. The Morgan fingerprint density at radius 2 is 1.94 bits per heavy atom. The minimum Gasteiger partial charge on any atom is -0.324 e. The van der Waals surface area contributed by atoms with E-state index in [0.29, 0.717) is 10.4 Å². The van der Waals surface area contributed by atoms with Gasteiger partial charge in [-0.25, -0.2) is 4.39 Å². The first-order valence-corrected chi connectivity index (χ1v) is 6.68. The highest BCUT2D eigenvalue weighted by Crippen LogP contribution is 2.33. The Morgan fingerprint density at radius 3 is 2.56 bits per heavy atom. The van der Waals surface area contributed by atoms with Gasteiger partial charge in [0.15, 0.2) is 0 Å². The predicted molar refractivity (Wildman–Crippen MR) is 67.6 cm³/mol. The first kappa shape index (κ1) is 12.1. The number of hydrogen-bond donors (Lipinski definition) is 1. The highest BCUT2D eigenvalue weighted by Gasteiger charge is 2.22. The molecule has 0 amide bonds. The largest absolute Gasteiger partial charge is 0.324 e. The highest BCUT2D eigenvalue weighted by atomic mass is 79.9. The van der Waals surface area contributed by atoms with E-state index in [4.69, 9.17) is 5.73 Å². The molecule has 0 aromatic heterocycles. The zero-order chi connectivity index (χ0) is 11.5. The van der Waals surface area contributed by atoms with Crippen LogP contribution in [0.3, 0.4) is 0 Å². The fourth-order valence-corrected chi connectivity index (χ4v) is 2.73. The van der Waals surface area contributed by atoms with Crippen molar-refractivity contribution in [2.45, 2.75) is 38.1 Å². The summed E-state index contributed by atoms with van der Waals surface area (Å²) in [7, 11) is 0. The van der Waals surface area contributed by atoms with Gasteiger partial charge >= 0.3 is 0 Å². The fourth-order valence-electron chi connectivity index (χ4n) is 2.49. The number of nitrogens with two attached hydrogens (primary N) is 1. The maximum atomic E-state index is 13.4. The zero-order valence-corrected chi connectivity index (χ0v) is 10.8. The van der Waals surface area contributed by atoms with Gasteiger partial charge in [-0.3, -0.25) is 0 Å². The van der Waals surface area contributed by atoms with Gasteiger partial charge in [-0.05, 0) is 52.4 Å². The van der Waals surface area contributed by atoms with Crippen LogP contribution in [0.25, 0.3) is 0 Å². The molecule has 1 atom stereocenters. The quantitative estimate of drug-likeness (QED) is 0.867. The Hall–Kier alpha value is -0.410. The molecule has 0 bridgehead atoms. The molecule has 0 unspecified atom stereocenters. The van der Waals surface area contributed by atoms with Gasteiger partial charge < -0.3 is 5.73 Å². The van der Waals surface area contributed by atoms with Crippen LogP contribution >= 0.6 is 15.9 Å². The van der Waals surface area contributed by atoms with Gasteiger partial charge in [-0.1, -0.05) is 25.3 Å². The molecular formula is C13H17BrFN. The standard InChI is InChI=1S/C13H17BrFN/c14-11-7-6-10(8-12(11)15)13(16)9-4-2-1-3-5-9/h6-9,13H,1-5,16H2/t13-/m0/s1. The minimum atomic E-state index is -0.219. The Labute approximate surface area is 104 Å². The van der Waals surface area contributed by atoms with Gasteiger partial charge in [-0.15, -0.1) is 0 Å². The molecule has 0 saturated heterocycles. The monoisotopic (exact) mass is 285 g/mol. The molecule has 16 heavy (non-hydrogen) atoms. The second-order valence-corrected chi connectivity index (χ2v) is 5.45. The fraction of sp³-hybridized carbons (Fsp3) is 0.538. The van der Waals surface area contributed by atoms with Gasteiger partial charge in [0.05, 0.1) is 4.47 Å². The van der Waals surface area contributed by atoms with E-state index in [9.17, 15) is 4.39 Å². The van der Waals surface area contributed by atoms with E-state index in [1.165, 1.54) is 32.1 Å². The summed E-state index contributed by atoms with van der Waals surface area (Å²) in [6.45, 7) is 0. The van der Waals surface area contributed by atoms with Crippen LogP contribution in [0.15, 0.2) is 22.7 Å². The molecule has 0 spiro atoms. The SMILES string of the molecule is N[C@H](c1ccc(Br)c(F)c1)C1CCCCC1. The maximum Gasteiger partial charge on any atom is 0.137 e. The van der Waals surface area contributed by atoms with Crippen LogP contribution in [-0.4, -0.2) is 0 Å². The van der Waals surface area contributed by atoms with Crippen molar-refractivity contribution >= 4 is 15.9 Å². The third-order valence-electron chi connectivity index (χ3n) is 3.49. The van der Waals surface area contributed by atoms with E-state index in [0.717, 1.165) is 5.56 Å². The highest BCUT2D eigenvalue weighted by molar-refractivity contribution is 9.10. The lowest BCUT2D eigenvalue weighted by Crippen LogP contribution is -2.23. The lowest BCUT2D eigenvalue weighted by atomic mass is 9.81. The molecule has 2 N–H and O–H groups in total. The van der Waals surface area contributed by atoms with Crippen LogP contribution in [0.4, 0.5) is 4.39 Å². The Morgan fingerprint density at radius 1 is 1.25 bits per heavy atom. The van der Waals surface area contributed by atoms with Crippen molar-refractivity contribution in [2.24, 2.45) is 11.7 Å². The molecule has 1 aromatic rings. The van der Waals surface area contributed by atoms with Crippen molar-refractivity contribution < 1.29 is 4.39 Å². The van der Waals surface area contributed by atoms with Gasteiger partial charge in [0, 0.05) is 6.04 Å². The molecule has 1 saturated carbocycles. The molecule has 1 fully saturated rings. The van der Waals surface area contributed by atoms with Gasteiger partial charge in [0.25, 0.3) is 0 Å². The summed E-state index contributed by atoms with van der Waals surface area (Å²) in [5, 5.41) is 0. The van der Waals surface area contributed by atoms with Crippen molar-refractivity contribution in [1.82, 2.24) is 0 Å². The van der Waals surface area contributed by atoms with Gasteiger partial charge in [0.1, 0.15) is 5.82 Å². The minimum absolute atomic E-state index is 0.0112. The lowest BCUT2D eigenvalue weighted by molar-refractivity contribution is 0.308. The summed E-state index contributed by atoms with van der Waals surface area (Å²) in [6.07, 6.45) is 6.20. The summed E-state index contributed by atoms with van der Waals surface area (Å²) in [5.74, 6) is 0.304. The summed E-state index contributed by atoms with van der Waals surface area (Å²) in [6, 6.07) is 5.21. The smallest absolute Gasteiger partial charge is 0.137 e. The van der Waals surface area contributed by atoms with E-state index >= 15 is 0 Å². The van der Waals surface area contributed by atoms with Crippen LogP contribution in [0.1, 0.15) is 43.7 Å². The number of rotatable bonds is 2. The van der Waals surface area contributed by atoms with E-state index in [-0.39, 0.29) is 11.9 Å². The third kappa shape index (κ3) is 2.64. The van der Waals surface area contributed by atoms with Crippen LogP contribution in [0.2, 0.25) is 0 Å². The van der Waals surface area contributed by atoms with E-state index in [1.807, 2.05) is 6.07 Å². The molecular weight excluding hydrogens is 269 g/mol.